The van der Waals surface area contributed by atoms with Gasteiger partial charge in [-0.25, -0.2) is 0 Å². The van der Waals surface area contributed by atoms with E-state index in [1.807, 2.05) is 6.92 Å². The van der Waals surface area contributed by atoms with Crippen molar-refractivity contribution in [2.45, 2.75) is 50.3 Å². The number of aromatic nitrogens is 2. The average Bonchev–Trinajstić information content (AvgIpc) is 2.98. The maximum atomic E-state index is 11.9. The molecule has 6 nitrogen and oxygen atoms in total. The van der Waals surface area contributed by atoms with Gasteiger partial charge in [0.1, 0.15) is 5.54 Å². The lowest BCUT2D eigenvalue weighted by molar-refractivity contribution is -0.125. The topological polar surface area (TPSA) is 94.0 Å². The number of carbonyl (C=O) groups is 1. The molecule has 0 aliphatic heterocycles. The summed E-state index contributed by atoms with van der Waals surface area (Å²) in [7, 11) is 0. The summed E-state index contributed by atoms with van der Waals surface area (Å²) in [6.45, 7) is 4.54. The van der Waals surface area contributed by atoms with Crippen LogP contribution in [-0.4, -0.2) is 33.9 Å². The van der Waals surface area contributed by atoms with Gasteiger partial charge in [0.05, 0.1) is 0 Å². The summed E-state index contributed by atoms with van der Waals surface area (Å²) in [5.41, 5.74) is 5.12. The predicted molar refractivity (Wildman–Crippen MR) is 77.3 cm³/mol. The Morgan fingerprint density at radius 1 is 1.60 bits per heavy atom. The number of hydrogen-bond acceptors (Lipinski definition) is 6. The fourth-order valence-corrected chi connectivity index (χ4v) is 3.91. The second kappa shape index (κ2) is 6.58. The van der Waals surface area contributed by atoms with Crippen LogP contribution in [0.1, 0.15) is 38.5 Å². The van der Waals surface area contributed by atoms with Crippen molar-refractivity contribution >= 4 is 17.7 Å². The van der Waals surface area contributed by atoms with E-state index >= 15 is 0 Å². The third-order valence-corrected chi connectivity index (χ3v) is 4.80. The van der Waals surface area contributed by atoms with E-state index < -0.39 is 5.54 Å². The lowest BCUT2D eigenvalue weighted by Gasteiger charge is -2.33. The van der Waals surface area contributed by atoms with E-state index in [1.54, 1.807) is 6.92 Å². The Hall–Kier alpha value is -1.08. The number of aryl methyl sites for hydroxylation is 1. The third-order valence-electron chi connectivity index (χ3n) is 3.95. The van der Waals surface area contributed by atoms with Gasteiger partial charge in [0.15, 0.2) is 0 Å². The highest BCUT2D eigenvalue weighted by Gasteiger charge is 2.46. The van der Waals surface area contributed by atoms with E-state index in [-0.39, 0.29) is 11.8 Å². The number of hydrogen-bond donors (Lipinski definition) is 2. The first-order valence-corrected chi connectivity index (χ1v) is 8.05. The molecule has 1 aromatic heterocycles. The summed E-state index contributed by atoms with van der Waals surface area (Å²) in [4.78, 5) is 11.9. The molecule has 2 rings (SSSR count). The number of rotatable bonds is 7. The lowest BCUT2D eigenvalue weighted by atomic mass is 9.84. The molecule has 3 N–H and O–H groups in total. The molecule has 1 aromatic rings. The van der Waals surface area contributed by atoms with Crippen molar-refractivity contribution < 1.29 is 9.21 Å². The van der Waals surface area contributed by atoms with E-state index in [4.69, 9.17) is 10.2 Å². The SMILES string of the molecule is CCNC1(C(N)=O)CCCC1CCSc1nnc(C)o1. The minimum absolute atomic E-state index is 0.222. The monoisotopic (exact) mass is 298 g/mol. The third kappa shape index (κ3) is 3.15. The van der Waals surface area contributed by atoms with Crippen LogP contribution < -0.4 is 11.1 Å². The Balaban J connectivity index is 1.91. The van der Waals surface area contributed by atoms with Crippen LogP contribution in [0.25, 0.3) is 0 Å². The molecule has 0 radical (unpaired) electrons. The van der Waals surface area contributed by atoms with Crippen LogP contribution in [0.5, 0.6) is 0 Å². The van der Waals surface area contributed by atoms with Crippen molar-refractivity contribution in [2.75, 3.05) is 12.3 Å². The van der Waals surface area contributed by atoms with Gasteiger partial charge in [-0.2, -0.15) is 0 Å². The molecule has 2 unspecified atom stereocenters. The number of carbonyl (C=O) groups excluding carboxylic acids is 1. The first-order chi connectivity index (χ1) is 9.58. The first-order valence-electron chi connectivity index (χ1n) is 7.06. The standard InChI is InChI=1S/C13H22N4O2S/c1-3-15-13(11(14)18)7-4-5-10(13)6-8-20-12-17-16-9(2)19-12/h10,15H,3-8H2,1-2H3,(H2,14,18). The zero-order valence-corrected chi connectivity index (χ0v) is 12.8. The molecule has 0 aromatic carbocycles. The number of amides is 1. The highest BCUT2D eigenvalue weighted by Crippen LogP contribution is 2.39. The van der Waals surface area contributed by atoms with Crippen LogP contribution in [0, 0.1) is 12.8 Å². The van der Waals surface area contributed by atoms with Crippen molar-refractivity contribution in [3.05, 3.63) is 5.89 Å². The molecule has 1 saturated carbocycles. The molecule has 0 saturated heterocycles. The Kier molecular flexibility index (Phi) is 5.04. The van der Waals surface area contributed by atoms with Crippen LogP contribution in [-0.2, 0) is 4.79 Å². The van der Waals surface area contributed by atoms with Crippen molar-refractivity contribution in [2.24, 2.45) is 11.7 Å². The summed E-state index contributed by atoms with van der Waals surface area (Å²) in [6.07, 6.45) is 3.84. The maximum absolute atomic E-state index is 11.9. The van der Waals surface area contributed by atoms with Crippen LogP contribution >= 0.6 is 11.8 Å². The molecule has 20 heavy (non-hydrogen) atoms. The largest absolute Gasteiger partial charge is 0.416 e. The van der Waals surface area contributed by atoms with E-state index in [9.17, 15) is 4.79 Å². The molecule has 0 bridgehead atoms. The molecular weight excluding hydrogens is 276 g/mol. The summed E-state index contributed by atoms with van der Waals surface area (Å²) in [5, 5.41) is 11.7. The zero-order chi connectivity index (χ0) is 14.6. The van der Waals surface area contributed by atoms with Crippen molar-refractivity contribution in [1.82, 2.24) is 15.5 Å². The fourth-order valence-electron chi connectivity index (χ4n) is 3.05. The Bertz CT molecular complexity index is 465. The summed E-state index contributed by atoms with van der Waals surface area (Å²) in [6, 6.07) is 0. The van der Waals surface area contributed by atoms with Gasteiger partial charge < -0.3 is 15.5 Å². The maximum Gasteiger partial charge on any atom is 0.276 e. The number of primary amides is 1. The van der Waals surface area contributed by atoms with E-state index in [1.165, 1.54) is 11.8 Å². The minimum Gasteiger partial charge on any atom is -0.416 e. The number of nitrogens with two attached hydrogens (primary N) is 1. The second-order valence-corrected chi connectivity index (χ2v) is 6.23. The Morgan fingerprint density at radius 2 is 2.40 bits per heavy atom. The van der Waals surface area contributed by atoms with Crippen LogP contribution in [0.3, 0.4) is 0 Å². The molecular formula is C13H22N4O2S. The highest BCUT2D eigenvalue weighted by molar-refractivity contribution is 7.99. The summed E-state index contributed by atoms with van der Waals surface area (Å²) >= 11 is 1.54. The summed E-state index contributed by atoms with van der Waals surface area (Å²) < 4.78 is 5.33. The van der Waals surface area contributed by atoms with Crippen molar-refractivity contribution in [3.63, 3.8) is 0 Å². The van der Waals surface area contributed by atoms with Crippen molar-refractivity contribution in [3.8, 4) is 0 Å². The second-order valence-electron chi connectivity index (χ2n) is 5.18. The Labute approximate surface area is 123 Å². The van der Waals surface area contributed by atoms with Crippen LogP contribution in [0.15, 0.2) is 9.64 Å². The molecule has 1 aliphatic carbocycles. The van der Waals surface area contributed by atoms with Crippen molar-refractivity contribution in [1.29, 1.82) is 0 Å². The van der Waals surface area contributed by atoms with Gasteiger partial charge in [-0.3, -0.25) is 4.79 Å². The molecule has 1 aliphatic rings. The van der Waals surface area contributed by atoms with Gasteiger partial charge >= 0.3 is 0 Å². The van der Waals surface area contributed by atoms with Gasteiger partial charge in [-0.15, -0.1) is 10.2 Å². The van der Waals surface area contributed by atoms with E-state index in [0.717, 1.165) is 38.0 Å². The summed E-state index contributed by atoms with van der Waals surface area (Å²) in [5.74, 6) is 1.50. The number of nitrogens with zero attached hydrogens (tertiary/aromatic N) is 2. The molecule has 1 heterocycles. The molecule has 2 atom stereocenters. The first kappa shape index (κ1) is 15.3. The molecule has 0 spiro atoms. The molecule has 1 amide bonds. The van der Waals surface area contributed by atoms with E-state index in [2.05, 4.69) is 15.5 Å². The average molecular weight is 298 g/mol. The van der Waals surface area contributed by atoms with Gasteiger partial charge in [-0.1, -0.05) is 25.1 Å². The number of likely N-dealkylation sites (N-methyl/N-ethyl adjacent to an activating group) is 1. The van der Waals surface area contributed by atoms with Gasteiger partial charge in [0.25, 0.3) is 5.22 Å². The van der Waals surface area contributed by atoms with Gasteiger partial charge in [0.2, 0.25) is 11.8 Å². The van der Waals surface area contributed by atoms with Crippen LogP contribution in [0.2, 0.25) is 0 Å². The molecule has 112 valence electrons. The lowest BCUT2D eigenvalue weighted by Crippen LogP contribution is -2.57. The fraction of sp³-hybridized carbons (Fsp3) is 0.769. The smallest absolute Gasteiger partial charge is 0.276 e. The number of thioether (sulfide) groups is 1. The van der Waals surface area contributed by atoms with E-state index in [0.29, 0.717) is 11.1 Å². The normalized spacial score (nSPS) is 26.0. The quantitative estimate of drug-likeness (QED) is 0.741. The predicted octanol–water partition coefficient (Wildman–Crippen LogP) is 1.49. The van der Waals surface area contributed by atoms with Crippen LogP contribution in [0.4, 0.5) is 0 Å². The molecule has 7 heteroatoms. The van der Waals surface area contributed by atoms with Gasteiger partial charge in [0, 0.05) is 12.7 Å². The number of nitrogens with one attached hydrogen (secondary N) is 1. The minimum atomic E-state index is -0.528. The van der Waals surface area contributed by atoms with Gasteiger partial charge in [-0.05, 0) is 31.7 Å². The highest BCUT2D eigenvalue weighted by atomic mass is 32.2. The Morgan fingerprint density at radius 3 is 3.00 bits per heavy atom. The zero-order valence-electron chi connectivity index (χ0n) is 12.0. The molecule has 1 fully saturated rings.